The Bertz CT molecular complexity index is 124. The van der Waals surface area contributed by atoms with Crippen molar-refractivity contribution in [2.24, 2.45) is 5.73 Å². The zero-order chi connectivity index (χ0) is 6.41. The van der Waals surface area contributed by atoms with Gasteiger partial charge >= 0.3 is 0 Å². The third-order valence-electron chi connectivity index (χ3n) is 0.587. The van der Waals surface area contributed by atoms with Gasteiger partial charge < -0.3 is 10.8 Å². The Morgan fingerprint density at radius 2 is 2.25 bits per heavy atom. The van der Waals surface area contributed by atoms with Gasteiger partial charge in [-0.15, -0.1) is 0 Å². The zero-order valence-electron chi connectivity index (χ0n) is 4.54. The molecule has 0 bridgehead atoms. The zero-order valence-corrected chi connectivity index (χ0v) is 4.54. The molecule has 0 saturated carbocycles. The molecule has 0 amide bonds. The first-order chi connectivity index (χ1) is 3.81. The van der Waals surface area contributed by atoms with Gasteiger partial charge in [0.2, 0.25) is 0 Å². The highest BCUT2D eigenvalue weighted by molar-refractivity contribution is 5.13. The van der Waals surface area contributed by atoms with Crippen LogP contribution in [0.5, 0.6) is 0 Å². The lowest BCUT2D eigenvalue weighted by Crippen LogP contribution is -1.74. The van der Waals surface area contributed by atoms with E-state index in [2.05, 4.69) is 6.58 Å². The van der Waals surface area contributed by atoms with Crippen LogP contribution in [-0.4, -0.2) is 5.11 Å². The average molecular weight is 111 g/mol. The Kier molecular flexibility index (Phi) is 3.40. The summed E-state index contributed by atoms with van der Waals surface area (Å²) in [5.41, 5.74) is 4.96. The van der Waals surface area contributed by atoms with Crippen LogP contribution in [0.25, 0.3) is 0 Å². The van der Waals surface area contributed by atoms with Gasteiger partial charge in [-0.2, -0.15) is 0 Å². The lowest BCUT2D eigenvalue weighted by Gasteiger charge is -1.81. The van der Waals surface area contributed by atoms with Gasteiger partial charge in [-0.3, -0.25) is 0 Å². The average Bonchev–Trinajstić information content (AvgIpc) is 1.83. The molecule has 2 heteroatoms. The van der Waals surface area contributed by atoms with Gasteiger partial charge in [-0.05, 0) is 24.4 Å². The molecule has 8 heavy (non-hydrogen) atoms. The van der Waals surface area contributed by atoms with Crippen LogP contribution in [0.3, 0.4) is 0 Å². The van der Waals surface area contributed by atoms with Crippen molar-refractivity contribution >= 4 is 0 Å². The first-order valence-corrected chi connectivity index (χ1v) is 2.21. The second kappa shape index (κ2) is 3.99. The monoisotopic (exact) mass is 111 g/mol. The van der Waals surface area contributed by atoms with E-state index in [1.54, 1.807) is 0 Å². The number of aliphatic hydroxyl groups is 1. The molecule has 0 aromatic rings. The molecule has 3 N–H and O–H groups in total. The Balaban J connectivity index is 3.74. The number of allylic oxidation sites excluding steroid dienone is 3. The number of hydrogen-bond acceptors (Lipinski definition) is 2. The van der Waals surface area contributed by atoms with Crippen LogP contribution < -0.4 is 5.73 Å². The first-order valence-electron chi connectivity index (χ1n) is 2.21. The van der Waals surface area contributed by atoms with Crippen LogP contribution in [0, 0.1) is 0 Å². The van der Waals surface area contributed by atoms with Gasteiger partial charge in [0, 0.05) is 0 Å². The normalized spacial score (nSPS) is 12.2. The molecule has 0 unspecified atom stereocenters. The molecule has 0 fully saturated rings. The molecule has 0 atom stereocenters. The van der Waals surface area contributed by atoms with Crippen LogP contribution in [0.15, 0.2) is 36.8 Å². The van der Waals surface area contributed by atoms with E-state index >= 15 is 0 Å². The second-order valence-electron chi connectivity index (χ2n) is 1.18. The Hall–Kier alpha value is -1.18. The van der Waals surface area contributed by atoms with Crippen molar-refractivity contribution in [3.63, 3.8) is 0 Å². The maximum absolute atomic E-state index is 8.63. The Labute approximate surface area is 48.6 Å². The van der Waals surface area contributed by atoms with E-state index in [9.17, 15) is 0 Å². The third kappa shape index (κ3) is 3.03. The first kappa shape index (κ1) is 6.82. The topological polar surface area (TPSA) is 46.2 Å². The van der Waals surface area contributed by atoms with E-state index in [0.717, 1.165) is 0 Å². The Morgan fingerprint density at radius 3 is 2.62 bits per heavy atom. The van der Waals surface area contributed by atoms with Crippen LogP contribution in [-0.2, 0) is 0 Å². The smallest absolute Gasteiger partial charge is 0.115 e. The summed E-state index contributed by atoms with van der Waals surface area (Å²) in [4.78, 5) is 0. The minimum absolute atomic E-state index is 0.117. The largest absolute Gasteiger partial charge is 0.508 e. The summed E-state index contributed by atoms with van der Waals surface area (Å²) >= 11 is 0. The van der Waals surface area contributed by atoms with Crippen molar-refractivity contribution in [1.82, 2.24) is 0 Å². The van der Waals surface area contributed by atoms with E-state index in [1.165, 1.54) is 24.4 Å². The van der Waals surface area contributed by atoms with Gasteiger partial charge in [0.25, 0.3) is 0 Å². The van der Waals surface area contributed by atoms with Crippen LogP contribution >= 0.6 is 0 Å². The lowest BCUT2D eigenvalue weighted by molar-refractivity contribution is 0.433. The van der Waals surface area contributed by atoms with E-state index in [4.69, 9.17) is 10.8 Å². The van der Waals surface area contributed by atoms with Crippen molar-refractivity contribution in [2.45, 2.75) is 0 Å². The van der Waals surface area contributed by atoms with Gasteiger partial charge in [0.05, 0.1) is 0 Å². The summed E-state index contributed by atoms with van der Waals surface area (Å²) in [6.45, 7) is 3.32. The standard InChI is InChI=1S/C6H9NO/c1-2-6(8)4-3-5-7/h2-5,8H,1,7H2/b5-3-,6-4+. The summed E-state index contributed by atoms with van der Waals surface area (Å²) < 4.78 is 0. The predicted molar refractivity (Wildman–Crippen MR) is 34.2 cm³/mol. The van der Waals surface area contributed by atoms with E-state index in [0.29, 0.717) is 0 Å². The fourth-order valence-electron chi connectivity index (χ4n) is 0.222. The molecule has 0 heterocycles. The van der Waals surface area contributed by atoms with Crippen LogP contribution in [0.2, 0.25) is 0 Å². The maximum Gasteiger partial charge on any atom is 0.115 e. The van der Waals surface area contributed by atoms with E-state index in [-0.39, 0.29) is 5.76 Å². The highest BCUT2D eigenvalue weighted by Crippen LogP contribution is 1.86. The minimum atomic E-state index is 0.117. The molecule has 0 rings (SSSR count). The molecule has 44 valence electrons. The molecule has 0 saturated heterocycles. The van der Waals surface area contributed by atoms with Crippen molar-refractivity contribution in [1.29, 1.82) is 0 Å². The van der Waals surface area contributed by atoms with Gasteiger partial charge in [-0.25, -0.2) is 0 Å². The molecule has 0 aromatic carbocycles. The second-order valence-corrected chi connectivity index (χ2v) is 1.18. The molecule has 2 nitrogen and oxygen atoms in total. The minimum Gasteiger partial charge on any atom is -0.508 e. The molecule has 0 spiro atoms. The summed E-state index contributed by atoms with van der Waals surface area (Å²) in [6, 6.07) is 0. The third-order valence-corrected chi connectivity index (χ3v) is 0.587. The highest BCUT2D eigenvalue weighted by Gasteiger charge is 1.73. The van der Waals surface area contributed by atoms with E-state index < -0.39 is 0 Å². The van der Waals surface area contributed by atoms with Crippen LogP contribution in [0.1, 0.15) is 0 Å². The molecular formula is C6H9NO. The SMILES string of the molecule is C=C/C(O)=C\C=C/N. The molecule has 0 aliphatic heterocycles. The van der Waals surface area contributed by atoms with E-state index in [1.807, 2.05) is 0 Å². The predicted octanol–water partition coefficient (Wildman–Crippen LogP) is 1.09. The van der Waals surface area contributed by atoms with Crippen molar-refractivity contribution in [3.05, 3.63) is 36.8 Å². The lowest BCUT2D eigenvalue weighted by atomic mass is 10.4. The fourth-order valence-corrected chi connectivity index (χ4v) is 0.222. The van der Waals surface area contributed by atoms with Crippen molar-refractivity contribution < 1.29 is 5.11 Å². The molecule has 0 aromatic heterocycles. The van der Waals surface area contributed by atoms with Crippen molar-refractivity contribution in [2.75, 3.05) is 0 Å². The number of hydrogen-bond donors (Lipinski definition) is 2. The van der Waals surface area contributed by atoms with Gasteiger partial charge in [-0.1, -0.05) is 6.58 Å². The van der Waals surface area contributed by atoms with Crippen LogP contribution in [0.4, 0.5) is 0 Å². The summed E-state index contributed by atoms with van der Waals surface area (Å²) in [5.74, 6) is 0.117. The number of aliphatic hydroxyl groups excluding tert-OH is 1. The summed E-state index contributed by atoms with van der Waals surface area (Å²) in [6.07, 6.45) is 5.64. The summed E-state index contributed by atoms with van der Waals surface area (Å²) in [7, 11) is 0. The molecule has 0 radical (unpaired) electrons. The molecular weight excluding hydrogens is 102 g/mol. The highest BCUT2D eigenvalue weighted by atomic mass is 16.3. The number of rotatable bonds is 2. The Morgan fingerprint density at radius 1 is 1.62 bits per heavy atom. The fraction of sp³-hybridized carbons (Fsp3) is 0. The molecule has 0 aliphatic rings. The number of nitrogens with two attached hydrogens (primary N) is 1. The van der Waals surface area contributed by atoms with Gasteiger partial charge in [0.1, 0.15) is 5.76 Å². The maximum atomic E-state index is 8.63. The quantitative estimate of drug-likeness (QED) is 0.414. The van der Waals surface area contributed by atoms with Gasteiger partial charge in [0.15, 0.2) is 0 Å². The summed E-state index contributed by atoms with van der Waals surface area (Å²) in [5, 5.41) is 8.63. The molecule has 0 aliphatic carbocycles. The van der Waals surface area contributed by atoms with Crippen molar-refractivity contribution in [3.8, 4) is 0 Å².